The first kappa shape index (κ1) is 18.3. The third-order valence-corrected chi connectivity index (χ3v) is 5.00. The molecule has 146 valence electrons. The molecule has 3 heterocycles. The standard InChI is InChI=1S/C19H22N6O3/c1-27-15-7-22-6-11-4-10(5-12(11)15)17-18(19(21)26)23-8-16(25-17)24-14-2-3-28-9-13(14)20/h5-8,13-14H,2-4,9,20H2,1H3,(H2,21,26)(H,24,25)/t13-,14+/m0/s1. The topological polar surface area (TPSA) is 138 Å². The van der Waals surface area contributed by atoms with Crippen LogP contribution in [0.4, 0.5) is 5.82 Å². The van der Waals surface area contributed by atoms with Gasteiger partial charge in [-0.1, -0.05) is 0 Å². The molecule has 2 atom stereocenters. The molecule has 5 N–H and O–H groups in total. The van der Waals surface area contributed by atoms with Crippen LogP contribution >= 0.6 is 0 Å². The molecule has 1 amide bonds. The Hall–Kier alpha value is -3.04. The number of ether oxygens (including phenoxy) is 2. The summed E-state index contributed by atoms with van der Waals surface area (Å²) in [4.78, 5) is 25.0. The summed E-state index contributed by atoms with van der Waals surface area (Å²) in [7, 11) is 1.60. The van der Waals surface area contributed by atoms with Gasteiger partial charge in [0.2, 0.25) is 0 Å². The molecule has 0 radical (unpaired) electrons. The number of rotatable bonds is 5. The van der Waals surface area contributed by atoms with Crippen LogP contribution < -0.4 is 21.5 Å². The molecule has 2 aromatic rings. The number of nitrogens with two attached hydrogens (primary N) is 2. The molecule has 1 aliphatic heterocycles. The third-order valence-electron chi connectivity index (χ3n) is 5.00. The average molecular weight is 382 g/mol. The van der Waals surface area contributed by atoms with E-state index in [0.29, 0.717) is 36.9 Å². The second kappa shape index (κ2) is 7.53. The van der Waals surface area contributed by atoms with Gasteiger partial charge in [0, 0.05) is 36.9 Å². The Kier molecular flexibility index (Phi) is 4.93. The SMILES string of the molecule is COc1cncc2c1C=C(c1nc(N[C@@H]3CCOC[C@@H]3N)cnc1C(N)=O)C2. The van der Waals surface area contributed by atoms with E-state index >= 15 is 0 Å². The number of hydrogen-bond acceptors (Lipinski definition) is 8. The lowest BCUT2D eigenvalue weighted by atomic mass is 10.0. The highest BCUT2D eigenvalue weighted by atomic mass is 16.5. The van der Waals surface area contributed by atoms with Gasteiger partial charge in [-0.3, -0.25) is 9.78 Å². The number of nitrogens with one attached hydrogen (secondary N) is 1. The lowest BCUT2D eigenvalue weighted by molar-refractivity contribution is 0.0751. The van der Waals surface area contributed by atoms with Crippen LogP contribution in [0.1, 0.15) is 33.7 Å². The Morgan fingerprint density at radius 3 is 2.96 bits per heavy atom. The lowest BCUT2D eigenvalue weighted by Crippen LogP contribution is -2.47. The van der Waals surface area contributed by atoms with E-state index < -0.39 is 5.91 Å². The molecule has 9 heteroatoms. The Morgan fingerprint density at radius 2 is 2.21 bits per heavy atom. The van der Waals surface area contributed by atoms with Gasteiger partial charge in [0.15, 0.2) is 5.69 Å². The highest BCUT2D eigenvalue weighted by molar-refractivity contribution is 5.99. The molecule has 1 saturated heterocycles. The molecule has 0 unspecified atom stereocenters. The molecule has 2 aliphatic rings. The molecule has 0 aromatic carbocycles. The number of amides is 1. The average Bonchev–Trinajstić information content (AvgIpc) is 3.14. The zero-order valence-corrected chi connectivity index (χ0v) is 15.5. The molecule has 0 bridgehead atoms. The predicted molar refractivity (Wildman–Crippen MR) is 104 cm³/mol. The number of allylic oxidation sites excluding steroid dienone is 1. The molecule has 4 rings (SSSR count). The number of hydrogen-bond donors (Lipinski definition) is 3. The number of methoxy groups -OCH3 is 1. The number of nitrogens with zero attached hydrogens (tertiary/aromatic N) is 3. The predicted octanol–water partition coefficient (Wildman–Crippen LogP) is 0.604. The van der Waals surface area contributed by atoms with Gasteiger partial charge in [0.25, 0.3) is 5.91 Å². The first-order valence-electron chi connectivity index (χ1n) is 9.05. The van der Waals surface area contributed by atoms with Crippen molar-refractivity contribution in [1.82, 2.24) is 15.0 Å². The maximum atomic E-state index is 11.9. The van der Waals surface area contributed by atoms with Crippen molar-refractivity contribution in [2.45, 2.75) is 24.9 Å². The van der Waals surface area contributed by atoms with Crippen molar-refractivity contribution < 1.29 is 14.3 Å². The van der Waals surface area contributed by atoms with Crippen molar-refractivity contribution in [3.63, 3.8) is 0 Å². The second-order valence-corrected chi connectivity index (χ2v) is 6.86. The zero-order valence-electron chi connectivity index (χ0n) is 15.5. The molecule has 0 saturated carbocycles. The highest BCUT2D eigenvalue weighted by Crippen LogP contribution is 2.36. The van der Waals surface area contributed by atoms with Gasteiger partial charge in [-0.2, -0.15) is 0 Å². The van der Waals surface area contributed by atoms with Gasteiger partial charge >= 0.3 is 0 Å². The van der Waals surface area contributed by atoms with Crippen LogP contribution in [0.25, 0.3) is 11.6 Å². The fourth-order valence-corrected chi connectivity index (χ4v) is 3.53. The summed E-state index contributed by atoms with van der Waals surface area (Å²) in [6, 6.07) is -0.116. The number of fused-ring (bicyclic) bond motifs is 1. The Morgan fingerprint density at radius 1 is 1.36 bits per heavy atom. The molecule has 2 aromatic heterocycles. The van der Waals surface area contributed by atoms with Gasteiger partial charge in [-0.05, 0) is 23.6 Å². The van der Waals surface area contributed by atoms with E-state index in [-0.39, 0.29) is 17.8 Å². The van der Waals surface area contributed by atoms with Crippen molar-refractivity contribution in [1.29, 1.82) is 0 Å². The van der Waals surface area contributed by atoms with E-state index in [0.717, 1.165) is 23.1 Å². The van der Waals surface area contributed by atoms with Gasteiger partial charge in [-0.15, -0.1) is 0 Å². The minimum absolute atomic E-state index is 0.0226. The van der Waals surface area contributed by atoms with Gasteiger partial charge in [0.05, 0.1) is 26.1 Å². The molecular weight excluding hydrogens is 360 g/mol. The minimum atomic E-state index is -0.626. The van der Waals surface area contributed by atoms with Crippen molar-refractivity contribution in [2.24, 2.45) is 11.5 Å². The van der Waals surface area contributed by atoms with E-state index in [1.165, 1.54) is 6.20 Å². The highest BCUT2D eigenvalue weighted by Gasteiger charge is 2.26. The van der Waals surface area contributed by atoms with Crippen molar-refractivity contribution in [3.05, 3.63) is 41.1 Å². The molecule has 1 fully saturated rings. The minimum Gasteiger partial charge on any atom is -0.495 e. The normalized spacial score (nSPS) is 21.0. The van der Waals surface area contributed by atoms with E-state index in [2.05, 4.69) is 20.3 Å². The van der Waals surface area contributed by atoms with Crippen molar-refractivity contribution in [2.75, 3.05) is 25.6 Å². The van der Waals surface area contributed by atoms with Gasteiger partial charge in [0.1, 0.15) is 17.3 Å². The number of carbonyl (C=O) groups is 1. The zero-order chi connectivity index (χ0) is 19.7. The van der Waals surface area contributed by atoms with Crippen molar-refractivity contribution in [3.8, 4) is 5.75 Å². The van der Waals surface area contributed by atoms with Gasteiger partial charge < -0.3 is 26.3 Å². The summed E-state index contributed by atoms with van der Waals surface area (Å²) in [5, 5.41) is 3.31. The number of anilines is 1. The Bertz CT molecular complexity index is 945. The van der Waals surface area contributed by atoms with Crippen LogP contribution in [0.15, 0.2) is 18.6 Å². The number of carbonyl (C=O) groups excluding carboxylic acids is 1. The van der Waals surface area contributed by atoms with Gasteiger partial charge in [-0.25, -0.2) is 9.97 Å². The third kappa shape index (κ3) is 3.41. The summed E-state index contributed by atoms with van der Waals surface area (Å²) in [5.41, 5.74) is 15.0. The molecular formula is C19H22N6O3. The van der Waals surface area contributed by atoms with Crippen LogP contribution in [-0.2, 0) is 11.2 Å². The molecule has 9 nitrogen and oxygen atoms in total. The lowest BCUT2D eigenvalue weighted by Gasteiger charge is -2.29. The first-order valence-corrected chi connectivity index (χ1v) is 9.05. The summed E-state index contributed by atoms with van der Waals surface area (Å²) in [6.45, 7) is 1.13. The number of pyridine rings is 1. The van der Waals surface area contributed by atoms with Crippen LogP contribution in [0.2, 0.25) is 0 Å². The molecule has 1 aliphatic carbocycles. The summed E-state index contributed by atoms with van der Waals surface area (Å²) in [5.74, 6) is 0.589. The summed E-state index contributed by atoms with van der Waals surface area (Å²) in [6.07, 6.45) is 8.22. The Labute approximate surface area is 162 Å². The van der Waals surface area contributed by atoms with E-state index in [1.807, 2.05) is 6.08 Å². The van der Waals surface area contributed by atoms with Crippen LogP contribution in [0.5, 0.6) is 5.75 Å². The van der Waals surface area contributed by atoms with Crippen LogP contribution in [-0.4, -0.2) is 53.3 Å². The van der Waals surface area contributed by atoms with E-state index in [1.54, 1.807) is 19.5 Å². The van der Waals surface area contributed by atoms with Crippen LogP contribution in [0, 0.1) is 0 Å². The second-order valence-electron chi connectivity index (χ2n) is 6.86. The first-order chi connectivity index (χ1) is 13.6. The van der Waals surface area contributed by atoms with E-state index in [4.69, 9.17) is 20.9 Å². The van der Waals surface area contributed by atoms with Crippen molar-refractivity contribution >= 4 is 23.4 Å². The number of aromatic nitrogens is 3. The maximum Gasteiger partial charge on any atom is 0.269 e. The van der Waals surface area contributed by atoms with E-state index in [9.17, 15) is 4.79 Å². The summed E-state index contributed by atoms with van der Waals surface area (Å²) >= 11 is 0. The largest absolute Gasteiger partial charge is 0.495 e. The molecule has 28 heavy (non-hydrogen) atoms. The summed E-state index contributed by atoms with van der Waals surface area (Å²) < 4.78 is 10.8. The maximum absolute atomic E-state index is 11.9. The fourth-order valence-electron chi connectivity index (χ4n) is 3.53. The quantitative estimate of drug-likeness (QED) is 0.683. The monoisotopic (exact) mass is 382 g/mol. The smallest absolute Gasteiger partial charge is 0.269 e. The Balaban J connectivity index is 1.68. The molecule has 0 spiro atoms. The fraction of sp³-hybridized carbons (Fsp3) is 0.368. The number of primary amides is 1. The van der Waals surface area contributed by atoms with Crippen LogP contribution in [0.3, 0.4) is 0 Å².